The van der Waals surface area contributed by atoms with Gasteiger partial charge in [-0.3, -0.25) is 4.99 Å². The quantitative estimate of drug-likeness (QED) is 0.554. The fraction of sp³-hybridized carbons (Fsp3) is 0.600. The van der Waals surface area contributed by atoms with E-state index < -0.39 is 24.5 Å². The topological polar surface area (TPSA) is 75.2 Å². The molecule has 168 valence electrons. The summed E-state index contributed by atoms with van der Waals surface area (Å²) in [5, 5.41) is 6.09. The number of benzene rings is 1. The highest BCUT2D eigenvalue weighted by molar-refractivity contribution is 5.80. The fourth-order valence-corrected chi connectivity index (χ4v) is 2.93. The van der Waals surface area contributed by atoms with Crippen molar-refractivity contribution in [1.82, 2.24) is 15.5 Å². The Labute approximate surface area is 174 Å². The monoisotopic (exact) mass is 430 g/mol. The molecule has 1 heterocycles. The van der Waals surface area contributed by atoms with Crippen LogP contribution in [0, 0.1) is 0 Å². The highest BCUT2D eigenvalue weighted by Gasteiger charge is 2.29. The lowest BCUT2D eigenvalue weighted by atomic mass is 10.2. The summed E-state index contributed by atoms with van der Waals surface area (Å²) in [6, 6.07) is 6.36. The lowest BCUT2D eigenvalue weighted by Gasteiger charge is -2.23. The molecule has 10 heteroatoms. The third-order valence-electron chi connectivity index (χ3n) is 4.20. The zero-order valence-corrected chi connectivity index (χ0v) is 17.7. The van der Waals surface area contributed by atoms with Gasteiger partial charge in [0.25, 0.3) is 0 Å². The molecule has 2 rings (SSSR count). The van der Waals surface area contributed by atoms with Crippen LogP contribution in [0.25, 0.3) is 0 Å². The van der Waals surface area contributed by atoms with Crippen LogP contribution in [0.15, 0.2) is 29.3 Å². The Bertz CT molecular complexity index is 730. The molecule has 2 N–H and O–H groups in total. The maximum Gasteiger partial charge on any atom is 0.422 e. The average Bonchev–Trinajstić information content (AvgIpc) is 3.07. The number of nitrogens with one attached hydrogen (secondary N) is 2. The molecule has 1 unspecified atom stereocenters. The summed E-state index contributed by atoms with van der Waals surface area (Å²) in [6.45, 7) is 5.90. The second kappa shape index (κ2) is 9.90. The number of rotatable bonds is 5. The van der Waals surface area contributed by atoms with Gasteiger partial charge in [0.1, 0.15) is 11.4 Å². The Morgan fingerprint density at radius 2 is 1.90 bits per heavy atom. The molecule has 1 aromatic carbocycles. The summed E-state index contributed by atoms with van der Waals surface area (Å²) >= 11 is 0. The highest BCUT2D eigenvalue weighted by Crippen LogP contribution is 2.19. The van der Waals surface area contributed by atoms with E-state index >= 15 is 0 Å². The Balaban J connectivity index is 1.80. The molecule has 1 aliphatic rings. The molecule has 0 bridgehead atoms. The molecule has 1 atom stereocenters. The van der Waals surface area contributed by atoms with Crippen molar-refractivity contribution in [2.45, 2.75) is 51.6 Å². The highest BCUT2D eigenvalue weighted by atomic mass is 19.4. The van der Waals surface area contributed by atoms with Crippen LogP contribution < -0.4 is 15.4 Å². The fourth-order valence-electron chi connectivity index (χ4n) is 2.93. The van der Waals surface area contributed by atoms with E-state index in [4.69, 9.17) is 9.47 Å². The van der Waals surface area contributed by atoms with Crippen molar-refractivity contribution >= 4 is 12.1 Å². The standard InChI is InChI=1S/C20H29F3N4O3/c1-19(2,3)30-18(28)26-15-9-10-27(12-15)17(24-4)25-11-14-5-7-16(8-6-14)29-13-20(21,22)23/h5-8,15H,9-13H2,1-4H3,(H,24,25)(H,26,28). The second-order valence-corrected chi connectivity index (χ2v) is 8.03. The molecular weight excluding hydrogens is 401 g/mol. The zero-order valence-electron chi connectivity index (χ0n) is 17.7. The Morgan fingerprint density at radius 3 is 2.47 bits per heavy atom. The third-order valence-corrected chi connectivity index (χ3v) is 4.20. The minimum Gasteiger partial charge on any atom is -0.484 e. The molecule has 0 saturated carbocycles. The van der Waals surface area contributed by atoms with Crippen molar-refractivity contribution in [3.8, 4) is 5.75 Å². The smallest absolute Gasteiger partial charge is 0.422 e. The van der Waals surface area contributed by atoms with Crippen LogP contribution in [-0.4, -0.2) is 61.5 Å². The van der Waals surface area contributed by atoms with Crippen LogP contribution in [0.2, 0.25) is 0 Å². The molecular formula is C20H29F3N4O3. The summed E-state index contributed by atoms with van der Waals surface area (Å²) in [5.41, 5.74) is 0.325. The first-order valence-corrected chi connectivity index (χ1v) is 9.69. The van der Waals surface area contributed by atoms with Crippen LogP contribution in [0.4, 0.5) is 18.0 Å². The van der Waals surface area contributed by atoms with E-state index in [2.05, 4.69) is 15.6 Å². The number of hydrogen-bond acceptors (Lipinski definition) is 4. The van der Waals surface area contributed by atoms with Gasteiger partial charge in [-0.05, 0) is 44.9 Å². The predicted octanol–water partition coefficient (Wildman–Crippen LogP) is 3.30. The van der Waals surface area contributed by atoms with Gasteiger partial charge in [0.05, 0.1) is 6.04 Å². The molecule has 1 aliphatic heterocycles. The van der Waals surface area contributed by atoms with Gasteiger partial charge >= 0.3 is 12.3 Å². The van der Waals surface area contributed by atoms with Gasteiger partial charge in [0, 0.05) is 26.7 Å². The van der Waals surface area contributed by atoms with Gasteiger partial charge in [-0.1, -0.05) is 12.1 Å². The van der Waals surface area contributed by atoms with E-state index in [-0.39, 0.29) is 11.8 Å². The van der Waals surface area contributed by atoms with Crippen LogP contribution in [0.3, 0.4) is 0 Å². The summed E-state index contributed by atoms with van der Waals surface area (Å²) in [7, 11) is 1.67. The van der Waals surface area contributed by atoms with Gasteiger partial charge in [-0.25, -0.2) is 4.79 Å². The van der Waals surface area contributed by atoms with E-state index in [0.29, 0.717) is 19.0 Å². The number of halogens is 3. The number of likely N-dealkylation sites (tertiary alicyclic amines) is 1. The number of guanidine groups is 1. The van der Waals surface area contributed by atoms with Crippen molar-refractivity contribution in [3.05, 3.63) is 29.8 Å². The van der Waals surface area contributed by atoms with Gasteiger partial charge in [-0.2, -0.15) is 13.2 Å². The predicted molar refractivity (Wildman–Crippen MR) is 108 cm³/mol. The summed E-state index contributed by atoms with van der Waals surface area (Å²) in [6.07, 6.45) is -4.03. The SMILES string of the molecule is CN=C(NCc1ccc(OCC(F)(F)F)cc1)N1CCC(NC(=O)OC(C)(C)C)C1. The van der Waals surface area contributed by atoms with Gasteiger partial charge in [-0.15, -0.1) is 0 Å². The summed E-state index contributed by atoms with van der Waals surface area (Å²) in [5.74, 6) is 0.844. The van der Waals surface area contributed by atoms with Crippen LogP contribution in [-0.2, 0) is 11.3 Å². The van der Waals surface area contributed by atoms with E-state index in [9.17, 15) is 18.0 Å². The van der Waals surface area contributed by atoms with Gasteiger partial charge in [0.15, 0.2) is 12.6 Å². The lowest BCUT2D eigenvalue weighted by Crippen LogP contribution is -2.44. The normalized spacial score (nSPS) is 17.6. The van der Waals surface area contributed by atoms with Crippen LogP contribution in [0.5, 0.6) is 5.75 Å². The largest absolute Gasteiger partial charge is 0.484 e. The summed E-state index contributed by atoms with van der Waals surface area (Å²) in [4.78, 5) is 18.2. The van der Waals surface area contributed by atoms with Crippen LogP contribution >= 0.6 is 0 Å². The molecule has 0 spiro atoms. The number of alkyl halides is 3. The second-order valence-electron chi connectivity index (χ2n) is 8.03. The molecule has 1 fully saturated rings. The number of nitrogens with zero attached hydrogens (tertiary/aromatic N) is 2. The number of carbonyl (C=O) groups excluding carboxylic acids is 1. The average molecular weight is 430 g/mol. The Kier molecular flexibility index (Phi) is 7.80. The molecule has 1 saturated heterocycles. The van der Waals surface area contributed by atoms with Crippen molar-refractivity contribution in [3.63, 3.8) is 0 Å². The maximum absolute atomic E-state index is 12.2. The lowest BCUT2D eigenvalue weighted by molar-refractivity contribution is -0.153. The van der Waals surface area contributed by atoms with Crippen molar-refractivity contribution < 1.29 is 27.4 Å². The number of hydrogen-bond donors (Lipinski definition) is 2. The minimum atomic E-state index is -4.36. The molecule has 1 amide bonds. The third kappa shape index (κ3) is 8.38. The first kappa shape index (κ1) is 23.6. The van der Waals surface area contributed by atoms with E-state index in [1.807, 2.05) is 25.7 Å². The summed E-state index contributed by atoms with van der Waals surface area (Å²) < 4.78 is 46.6. The zero-order chi connectivity index (χ0) is 22.4. The molecule has 30 heavy (non-hydrogen) atoms. The van der Waals surface area contributed by atoms with Gasteiger partial charge in [0.2, 0.25) is 0 Å². The first-order valence-electron chi connectivity index (χ1n) is 9.69. The van der Waals surface area contributed by atoms with E-state index in [1.165, 1.54) is 12.1 Å². The molecule has 1 aromatic rings. The molecule has 0 aliphatic carbocycles. The number of alkyl carbamates (subject to hydrolysis) is 1. The Hall–Kier alpha value is -2.65. The van der Waals surface area contributed by atoms with Gasteiger partial charge < -0.3 is 25.0 Å². The molecule has 0 radical (unpaired) electrons. The number of ether oxygens (including phenoxy) is 2. The van der Waals surface area contributed by atoms with Crippen molar-refractivity contribution in [2.24, 2.45) is 4.99 Å². The first-order chi connectivity index (χ1) is 13.9. The van der Waals surface area contributed by atoms with Crippen LogP contribution in [0.1, 0.15) is 32.8 Å². The van der Waals surface area contributed by atoms with E-state index in [1.54, 1.807) is 19.2 Å². The maximum atomic E-state index is 12.2. The number of aliphatic imine (C=N–C) groups is 1. The molecule has 7 nitrogen and oxygen atoms in total. The number of amides is 1. The Morgan fingerprint density at radius 1 is 1.23 bits per heavy atom. The minimum absolute atomic E-state index is 0.0385. The van der Waals surface area contributed by atoms with Crippen molar-refractivity contribution in [2.75, 3.05) is 26.7 Å². The molecule has 0 aromatic heterocycles. The van der Waals surface area contributed by atoms with Crippen molar-refractivity contribution in [1.29, 1.82) is 0 Å². The number of carbonyl (C=O) groups is 1. The van der Waals surface area contributed by atoms with E-state index in [0.717, 1.165) is 18.5 Å².